The van der Waals surface area contributed by atoms with Gasteiger partial charge in [-0.05, 0) is 35.2 Å². The van der Waals surface area contributed by atoms with Crippen molar-refractivity contribution < 1.29 is 18.7 Å². The molecule has 0 N–H and O–H groups in total. The molecule has 3 aromatic rings. The zero-order valence-corrected chi connectivity index (χ0v) is 19.9. The summed E-state index contributed by atoms with van der Waals surface area (Å²) in [5.74, 6) is -1.57. The van der Waals surface area contributed by atoms with Crippen LogP contribution in [0.2, 0.25) is 5.02 Å². The average molecular weight is 493 g/mol. The Hall–Kier alpha value is -3.22. The summed E-state index contributed by atoms with van der Waals surface area (Å²) in [7, 11) is 0. The summed E-state index contributed by atoms with van der Waals surface area (Å²) in [4.78, 5) is 30.0. The lowest BCUT2D eigenvalue weighted by Gasteiger charge is -2.26. The predicted octanol–water partition coefficient (Wildman–Crippen LogP) is 5.28. The lowest BCUT2D eigenvalue weighted by molar-refractivity contribution is -0.133. The molecule has 0 aliphatic carbocycles. The van der Waals surface area contributed by atoms with Crippen LogP contribution in [0.4, 0.5) is 9.18 Å². The molecular weight excluding hydrogens is 467 g/mol. The zero-order chi connectivity index (χ0) is 24.4. The highest BCUT2D eigenvalue weighted by Crippen LogP contribution is 2.37. The molecule has 35 heavy (non-hydrogen) atoms. The first-order valence-corrected chi connectivity index (χ1v) is 12.1. The molecule has 7 heteroatoms. The number of halogens is 2. The molecule has 1 unspecified atom stereocenters. The zero-order valence-electron chi connectivity index (χ0n) is 19.1. The molecule has 3 aromatic carbocycles. The van der Waals surface area contributed by atoms with Crippen LogP contribution in [0.5, 0.6) is 0 Å². The molecule has 2 saturated heterocycles. The number of hydrogen-bond donors (Lipinski definition) is 0. The number of likely N-dealkylation sites (tertiary alicyclic amines) is 1. The van der Waals surface area contributed by atoms with Crippen molar-refractivity contribution in [1.82, 2.24) is 9.80 Å². The first-order valence-electron chi connectivity index (χ1n) is 11.7. The summed E-state index contributed by atoms with van der Waals surface area (Å²) in [5.41, 5.74) is 2.86. The first-order chi connectivity index (χ1) is 17.0. The van der Waals surface area contributed by atoms with Crippen LogP contribution < -0.4 is 0 Å². The average Bonchev–Trinajstić information content (AvgIpc) is 3.45. The number of hydrogen-bond acceptors (Lipinski definition) is 4. The third-order valence-corrected chi connectivity index (χ3v) is 7.15. The number of nitrogens with zero attached hydrogens (tertiary/aromatic N) is 2. The fourth-order valence-corrected chi connectivity index (χ4v) is 5.25. The van der Waals surface area contributed by atoms with Gasteiger partial charge in [-0.15, -0.1) is 0 Å². The molecule has 5 nitrogen and oxygen atoms in total. The summed E-state index contributed by atoms with van der Waals surface area (Å²) in [6, 6.07) is 24.1. The van der Waals surface area contributed by atoms with Gasteiger partial charge >= 0.3 is 6.09 Å². The second kappa shape index (κ2) is 10.2. The Labute approximate surface area is 209 Å². The fourth-order valence-electron chi connectivity index (χ4n) is 5.13. The van der Waals surface area contributed by atoms with E-state index < -0.39 is 17.8 Å². The molecule has 0 spiro atoms. The molecule has 3 atom stereocenters. The van der Waals surface area contributed by atoms with E-state index in [9.17, 15) is 14.0 Å². The van der Waals surface area contributed by atoms with E-state index in [2.05, 4.69) is 4.90 Å². The number of cyclic esters (lactones) is 1. The maximum absolute atomic E-state index is 14.4. The molecule has 0 bridgehead atoms. The number of benzene rings is 3. The van der Waals surface area contributed by atoms with Gasteiger partial charge in [-0.3, -0.25) is 9.69 Å². The topological polar surface area (TPSA) is 49.9 Å². The maximum atomic E-state index is 14.4. The Kier molecular flexibility index (Phi) is 6.84. The van der Waals surface area contributed by atoms with Crippen LogP contribution >= 0.6 is 11.6 Å². The summed E-state index contributed by atoms with van der Waals surface area (Å²) < 4.78 is 19.7. The van der Waals surface area contributed by atoms with Gasteiger partial charge in [0.25, 0.3) is 0 Å². The third kappa shape index (κ3) is 5.09. The van der Waals surface area contributed by atoms with Crippen molar-refractivity contribution in [2.75, 3.05) is 19.7 Å². The van der Waals surface area contributed by atoms with Gasteiger partial charge in [0.05, 0.1) is 17.0 Å². The molecule has 2 aliphatic heterocycles. The monoisotopic (exact) mass is 492 g/mol. The minimum absolute atomic E-state index is 0.0433. The summed E-state index contributed by atoms with van der Waals surface area (Å²) in [5, 5.41) is 0.0433. The molecule has 2 aliphatic rings. The van der Waals surface area contributed by atoms with E-state index in [0.29, 0.717) is 31.6 Å². The van der Waals surface area contributed by atoms with Crippen molar-refractivity contribution in [2.24, 2.45) is 5.92 Å². The Balaban J connectivity index is 1.42. The quantitative estimate of drug-likeness (QED) is 0.469. The molecular formula is C28H26ClFN2O3. The van der Waals surface area contributed by atoms with Gasteiger partial charge in [-0.2, -0.15) is 0 Å². The lowest BCUT2D eigenvalue weighted by Crippen LogP contribution is -2.45. The lowest BCUT2D eigenvalue weighted by atomic mass is 9.87. The number of carbonyl (C=O) groups is 2. The number of imide groups is 1. The molecule has 180 valence electrons. The Bertz CT molecular complexity index is 1210. The number of amides is 2. The predicted molar refractivity (Wildman–Crippen MR) is 131 cm³/mol. The van der Waals surface area contributed by atoms with E-state index in [4.69, 9.17) is 16.3 Å². The summed E-state index contributed by atoms with van der Waals surface area (Å²) in [6.45, 7) is 1.86. The van der Waals surface area contributed by atoms with Gasteiger partial charge in [0.1, 0.15) is 12.4 Å². The highest BCUT2D eigenvalue weighted by molar-refractivity contribution is 6.30. The third-order valence-electron chi connectivity index (χ3n) is 6.85. The first kappa shape index (κ1) is 23.5. The molecule has 2 amide bonds. The summed E-state index contributed by atoms with van der Waals surface area (Å²) in [6.07, 6.45) is -0.0857. The largest absolute Gasteiger partial charge is 0.447 e. The second-order valence-electron chi connectivity index (χ2n) is 9.19. The maximum Gasteiger partial charge on any atom is 0.416 e. The standard InChI is InChI=1S/C28H26ClFN2O3/c29-25-12-11-21(14-26(25)30)23-16-31(15-20-9-5-2-6-10-20)17-24(23)27(33)32-22(18-35-28(32)34)13-19-7-3-1-4-8-19/h1-12,14,22-24H,13,15-18H2/t22?,23-,24+/m1/s1. The van der Waals surface area contributed by atoms with Gasteiger partial charge in [0.15, 0.2) is 0 Å². The van der Waals surface area contributed by atoms with Crippen molar-refractivity contribution in [3.63, 3.8) is 0 Å². The van der Waals surface area contributed by atoms with Gasteiger partial charge in [-0.25, -0.2) is 14.1 Å². The van der Waals surface area contributed by atoms with E-state index in [-0.39, 0.29) is 29.5 Å². The highest BCUT2D eigenvalue weighted by Gasteiger charge is 2.46. The smallest absolute Gasteiger partial charge is 0.416 e. The van der Waals surface area contributed by atoms with E-state index in [1.165, 1.54) is 17.0 Å². The van der Waals surface area contributed by atoms with Gasteiger partial charge < -0.3 is 4.74 Å². The minimum Gasteiger partial charge on any atom is -0.447 e. The number of carbonyl (C=O) groups excluding carboxylic acids is 2. The van der Waals surface area contributed by atoms with E-state index in [1.807, 2.05) is 60.7 Å². The van der Waals surface area contributed by atoms with Gasteiger partial charge in [0, 0.05) is 25.6 Å². The number of rotatable bonds is 6. The van der Waals surface area contributed by atoms with Crippen molar-refractivity contribution >= 4 is 23.6 Å². The molecule has 0 saturated carbocycles. The van der Waals surface area contributed by atoms with Crippen LogP contribution in [-0.4, -0.2) is 47.5 Å². The number of ether oxygens (including phenoxy) is 1. The Morgan fingerprint density at radius 1 is 0.971 bits per heavy atom. The van der Waals surface area contributed by atoms with Crippen molar-refractivity contribution in [2.45, 2.75) is 24.9 Å². The molecule has 0 aromatic heterocycles. The van der Waals surface area contributed by atoms with Crippen LogP contribution in [0.3, 0.4) is 0 Å². The van der Waals surface area contributed by atoms with Crippen LogP contribution in [0.25, 0.3) is 0 Å². The Morgan fingerprint density at radius 2 is 1.66 bits per heavy atom. The molecule has 2 heterocycles. The van der Waals surface area contributed by atoms with Crippen LogP contribution in [0, 0.1) is 11.7 Å². The Morgan fingerprint density at radius 3 is 2.34 bits per heavy atom. The van der Waals surface area contributed by atoms with E-state index in [1.54, 1.807) is 6.07 Å². The van der Waals surface area contributed by atoms with Crippen molar-refractivity contribution in [3.8, 4) is 0 Å². The van der Waals surface area contributed by atoms with E-state index in [0.717, 1.165) is 11.1 Å². The van der Waals surface area contributed by atoms with Crippen LogP contribution in [0.15, 0.2) is 78.9 Å². The molecule has 0 radical (unpaired) electrons. The van der Waals surface area contributed by atoms with Gasteiger partial charge in [0.2, 0.25) is 5.91 Å². The second-order valence-corrected chi connectivity index (χ2v) is 9.60. The summed E-state index contributed by atoms with van der Waals surface area (Å²) >= 11 is 5.92. The molecule has 5 rings (SSSR count). The minimum atomic E-state index is -0.613. The van der Waals surface area contributed by atoms with Crippen molar-refractivity contribution in [1.29, 1.82) is 0 Å². The SMILES string of the molecule is O=C1OCC(Cc2ccccc2)N1C(=O)[C@H]1CN(Cc2ccccc2)C[C@@H]1c1ccc(Cl)c(F)c1. The van der Waals surface area contributed by atoms with Crippen LogP contribution in [0.1, 0.15) is 22.6 Å². The van der Waals surface area contributed by atoms with Crippen LogP contribution in [-0.2, 0) is 22.5 Å². The van der Waals surface area contributed by atoms with E-state index >= 15 is 0 Å². The fraction of sp³-hybridized carbons (Fsp3) is 0.286. The normalized spacial score (nSPS) is 22.4. The van der Waals surface area contributed by atoms with Gasteiger partial charge in [-0.1, -0.05) is 78.3 Å². The molecule has 2 fully saturated rings. The highest BCUT2D eigenvalue weighted by atomic mass is 35.5. The van der Waals surface area contributed by atoms with Crippen molar-refractivity contribution in [3.05, 3.63) is 106 Å².